The van der Waals surface area contributed by atoms with E-state index < -0.39 is 12.1 Å². The minimum Gasteiger partial charge on any atom is -0.370 e. The number of halogens is 4. The van der Waals surface area contributed by atoms with Gasteiger partial charge in [0.15, 0.2) is 0 Å². The first kappa shape index (κ1) is 15.4. The van der Waals surface area contributed by atoms with E-state index in [0.29, 0.717) is 30.2 Å². The van der Waals surface area contributed by atoms with E-state index in [2.05, 4.69) is 5.32 Å². The van der Waals surface area contributed by atoms with Crippen LogP contribution in [-0.2, 0) is 6.54 Å². The van der Waals surface area contributed by atoms with Crippen molar-refractivity contribution in [3.63, 3.8) is 0 Å². The molecule has 1 fully saturated rings. The monoisotopic (exact) mass is 306 g/mol. The van der Waals surface area contributed by atoms with Gasteiger partial charge in [0.25, 0.3) is 0 Å². The highest BCUT2D eigenvalue weighted by molar-refractivity contribution is 6.33. The van der Waals surface area contributed by atoms with Crippen molar-refractivity contribution in [2.24, 2.45) is 5.92 Å². The lowest BCUT2D eigenvalue weighted by Gasteiger charge is -2.35. The third-order valence-electron chi connectivity index (χ3n) is 3.62. The number of alkyl halides is 3. The molecule has 2 nitrogen and oxygen atoms in total. The van der Waals surface area contributed by atoms with Crippen LogP contribution in [0.5, 0.6) is 0 Å². The Labute approximate surface area is 121 Å². The van der Waals surface area contributed by atoms with Crippen LogP contribution in [0.1, 0.15) is 18.4 Å². The van der Waals surface area contributed by atoms with Crippen LogP contribution in [-0.4, -0.2) is 26.3 Å². The Hall–Kier alpha value is -0.940. The molecule has 6 heteroatoms. The Morgan fingerprint density at radius 1 is 1.40 bits per heavy atom. The van der Waals surface area contributed by atoms with Crippen LogP contribution >= 0.6 is 11.6 Å². The number of hydrogen-bond acceptors (Lipinski definition) is 2. The van der Waals surface area contributed by atoms with Crippen molar-refractivity contribution in [2.75, 3.05) is 25.0 Å². The van der Waals surface area contributed by atoms with E-state index >= 15 is 0 Å². The van der Waals surface area contributed by atoms with Crippen LogP contribution in [0.25, 0.3) is 0 Å². The highest BCUT2D eigenvalue weighted by Gasteiger charge is 2.42. The number of nitrogens with one attached hydrogen (secondary N) is 1. The second-order valence-electron chi connectivity index (χ2n) is 5.14. The summed E-state index contributed by atoms with van der Waals surface area (Å²) in [5.41, 5.74) is 1.71. The van der Waals surface area contributed by atoms with Crippen molar-refractivity contribution in [1.82, 2.24) is 5.32 Å². The van der Waals surface area contributed by atoms with Crippen LogP contribution < -0.4 is 10.2 Å². The predicted molar refractivity (Wildman–Crippen MR) is 75.2 cm³/mol. The molecule has 1 N–H and O–H groups in total. The van der Waals surface area contributed by atoms with Gasteiger partial charge in [0, 0.05) is 19.6 Å². The van der Waals surface area contributed by atoms with Crippen molar-refractivity contribution < 1.29 is 13.2 Å². The van der Waals surface area contributed by atoms with Crippen molar-refractivity contribution >= 4 is 17.3 Å². The van der Waals surface area contributed by atoms with Crippen LogP contribution in [0.3, 0.4) is 0 Å². The van der Waals surface area contributed by atoms with E-state index in [9.17, 15) is 13.2 Å². The largest absolute Gasteiger partial charge is 0.393 e. The number of anilines is 1. The Balaban J connectivity index is 2.15. The number of rotatable bonds is 3. The fourth-order valence-corrected chi connectivity index (χ4v) is 2.91. The molecule has 0 bridgehead atoms. The number of benzene rings is 1. The molecule has 2 rings (SSSR count). The molecule has 1 atom stereocenters. The molecule has 1 aliphatic heterocycles. The van der Waals surface area contributed by atoms with E-state index in [4.69, 9.17) is 11.6 Å². The van der Waals surface area contributed by atoms with E-state index in [1.807, 2.05) is 25.2 Å². The molecule has 1 heterocycles. The standard InChI is InChI=1S/C14H18ClF3N2/c1-19-8-10-4-5-13(12(15)7-10)20-6-2-3-11(9-20)14(16,17)18/h4-5,7,11,19H,2-3,6,8-9H2,1H3. The van der Waals surface area contributed by atoms with E-state index in [1.165, 1.54) is 0 Å². The summed E-state index contributed by atoms with van der Waals surface area (Å²) in [6, 6.07) is 5.52. The summed E-state index contributed by atoms with van der Waals surface area (Å²) in [6.07, 6.45) is -3.38. The van der Waals surface area contributed by atoms with Gasteiger partial charge in [-0.05, 0) is 37.6 Å². The normalized spacial score (nSPS) is 20.2. The predicted octanol–water partition coefficient (Wildman–Crippen LogP) is 3.84. The molecular weight excluding hydrogens is 289 g/mol. The van der Waals surface area contributed by atoms with Crippen molar-refractivity contribution in [2.45, 2.75) is 25.6 Å². The van der Waals surface area contributed by atoms with Crippen LogP contribution in [0, 0.1) is 5.92 Å². The fraction of sp³-hybridized carbons (Fsp3) is 0.571. The summed E-state index contributed by atoms with van der Waals surface area (Å²) >= 11 is 6.21. The quantitative estimate of drug-likeness (QED) is 0.913. The Morgan fingerprint density at radius 2 is 2.15 bits per heavy atom. The molecule has 1 aliphatic rings. The molecule has 0 radical (unpaired) electrons. The van der Waals surface area contributed by atoms with Gasteiger partial charge in [-0.15, -0.1) is 0 Å². The lowest BCUT2D eigenvalue weighted by molar-refractivity contribution is -0.175. The molecule has 112 valence electrons. The summed E-state index contributed by atoms with van der Waals surface area (Å²) in [5, 5.41) is 3.53. The number of nitrogens with zero attached hydrogens (tertiary/aromatic N) is 1. The molecule has 1 saturated heterocycles. The summed E-state index contributed by atoms with van der Waals surface area (Å²) in [4.78, 5) is 1.74. The fourth-order valence-electron chi connectivity index (χ4n) is 2.58. The SMILES string of the molecule is CNCc1ccc(N2CCCC(C(F)(F)F)C2)c(Cl)c1. The second kappa shape index (κ2) is 6.22. The summed E-state index contributed by atoms with van der Waals surface area (Å²) in [6.45, 7) is 1.30. The zero-order valence-electron chi connectivity index (χ0n) is 11.3. The number of hydrogen-bond donors (Lipinski definition) is 1. The number of piperidine rings is 1. The van der Waals surface area contributed by atoms with Crippen molar-refractivity contribution in [1.29, 1.82) is 0 Å². The molecular formula is C14H18ClF3N2. The summed E-state index contributed by atoms with van der Waals surface area (Å²) < 4.78 is 38.5. The molecule has 1 aromatic rings. The zero-order valence-corrected chi connectivity index (χ0v) is 12.1. The molecule has 0 aliphatic carbocycles. The topological polar surface area (TPSA) is 15.3 Å². The van der Waals surface area contributed by atoms with Crippen LogP contribution in [0.4, 0.5) is 18.9 Å². The van der Waals surface area contributed by atoms with Gasteiger partial charge >= 0.3 is 6.18 Å². The van der Waals surface area contributed by atoms with Gasteiger partial charge in [0.1, 0.15) is 0 Å². The average Bonchev–Trinajstić information content (AvgIpc) is 2.38. The minimum atomic E-state index is -4.13. The van der Waals surface area contributed by atoms with Gasteiger partial charge in [-0.2, -0.15) is 13.2 Å². The Bertz CT molecular complexity index is 462. The van der Waals surface area contributed by atoms with E-state index in [1.54, 1.807) is 4.90 Å². The maximum atomic E-state index is 12.8. The molecule has 0 spiro atoms. The minimum absolute atomic E-state index is 0.00536. The van der Waals surface area contributed by atoms with Crippen LogP contribution in [0.15, 0.2) is 18.2 Å². The maximum Gasteiger partial charge on any atom is 0.393 e. The summed E-state index contributed by atoms with van der Waals surface area (Å²) in [5.74, 6) is -1.26. The highest BCUT2D eigenvalue weighted by atomic mass is 35.5. The Morgan fingerprint density at radius 3 is 2.75 bits per heavy atom. The molecule has 1 aromatic carbocycles. The average molecular weight is 307 g/mol. The van der Waals surface area contributed by atoms with Crippen molar-refractivity contribution in [3.8, 4) is 0 Å². The maximum absolute atomic E-state index is 12.8. The van der Waals surface area contributed by atoms with Gasteiger partial charge in [0.2, 0.25) is 0 Å². The van der Waals surface area contributed by atoms with Gasteiger partial charge in [-0.25, -0.2) is 0 Å². The lowest BCUT2D eigenvalue weighted by Crippen LogP contribution is -2.41. The van der Waals surface area contributed by atoms with Gasteiger partial charge in [-0.3, -0.25) is 0 Å². The highest BCUT2D eigenvalue weighted by Crippen LogP contribution is 2.36. The second-order valence-corrected chi connectivity index (χ2v) is 5.55. The molecule has 20 heavy (non-hydrogen) atoms. The third kappa shape index (κ3) is 3.58. The molecule has 0 aromatic heterocycles. The first-order chi connectivity index (χ1) is 9.41. The van der Waals surface area contributed by atoms with Gasteiger partial charge < -0.3 is 10.2 Å². The molecule has 0 amide bonds. The van der Waals surface area contributed by atoms with E-state index in [0.717, 1.165) is 5.56 Å². The first-order valence-corrected chi connectivity index (χ1v) is 7.04. The summed E-state index contributed by atoms with van der Waals surface area (Å²) in [7, 11) is 1.83. The van der Waals surface area contributed by atoms with E-state index in [-0.39, 0.29) is 13.0 Å². The zero-order chi connectivity index (χ0) is 14.8. The first-order valence-electron chi connectivity index (χ1n) is 6.66. The van der Waals surface area contributed by atoms with Crippen molar-refractivity contribution in [3.05, 3.63) is 28.8 Å². The molecule has 0 saturated carbocycles. The smallest absolute Gasteiger partial charge is 0.370 e. The molecule has 1 unspecified atom stereocenters. The third-order valence-corrected chi connectivity index (χ3v) is 3.92. The van der Waals surface area contributed by atoms with Crippen LogP contribution in [0.2, 0.25) is 5.02 Å². The van der Waals surface area contributed by atoms with Gasteiger partial charge in [-0.1, -0.05) is 17.7 Å². The lowest BCUT2D eigenvalue weighted by atomic mass is 9.97. The van der Waals surface area contributed by atoms with Gasteiger partial charge in [0.05, 0.1) is 16.6 Å². The Kier molecular flexibility index (Phi) is 4.81.